The van der Waals surface area contributed by atoms with E-state index >= 15 is 0 Å². The second-order valence-electron chi connectivity index (χ2n) is 4.04. The summed E-state index contributed by atoms with van der Waals surface area (Å²) in [5, 5.41) is 12.9. The van der Waals surface area contributed by atoms with Crippen LogP contribution in [0.3, 0.4) is 0 Å². The molecule has 1 aromatic carbocycles. The quantitative estimate of drug-likeness (QED) is 0.809. The number of rotatable bonds is 2. The lowest BCUT2D eigenvalue weighted by Gasteiger charge is -2.24. The highest BCUT2D eigenvalue weighted by Gasteiger charge is 2.22. The van der Waals surface area contributed by atoms with Crippen LogP contribution in [0, 0.1) is 5.82 Å². The molecule has 1 heterocycles. The van der Waals surface area contributed by atoms with Gasteiger partial charge in [-0.15, -0.1) is 0 Å². The number of halogens is 1. The third kappa shape index (κ3) is 1.97. The van der Waals surface area contributed by atoms with Crippen LogP contribution in [-0.2, 0) is 0 Å². The van der Waals surface area contributed by atoms with Crippen molar-refractivity contribution >= 4 is 0 Å². The monoisotopic (exact) mass is 225 g/mol. The number of hydrogen-bond acceptors (Lipinski definition) is 3. The van der Waals surface area contributed by atoms with Crippen LogP contribution in [0.25, 0.3) is 0 Å². The number of benzene rings is 1. The highest BCUT2D eigenvalue weighted by atomic mass is 19.1. The van der Waals surface area contributed by atoms with Crippen molar-refractivity contribution in [2.75, 3.05) is 20.2 Å². The summed E-state index contributed by atoms with van der Waals surface area (Å²) >= 11 is 0. The third-order valence-corrected chi connectivity index (χ3v) is 3.10. The van der Waals surface area contributed by atoms with Crippen molar-refractivity contribution in [3.8, 4) is 11.5 Å². The Bertz CT molecular complexity index is 376. The van der Waals surface area contributed by atoms with E-state index in [0.717, 1.165) is 31.5 Å². The van der Waals surface area contributed by atoms with Crippen molar-refractivity contribution in [2.45, 2.75) is 18.8 Å². The fraction of sp³-hybridized carbons (Fsp3) is 0.500. The number of nitrogens with one attached hydrogen (secondary N) is 1. The molecule has 1 aliphatic heterocycles. The van der Waals surface area contributed by atoms with Crippen molar-refractivity contribution in [2.24, 2.45) is 0 Å². The van der Waals surface area contributed by atoms with Gasteiger partial charge in [-0.05, 0) is 37.9 Å². The standard InChI is InChI=1S/C12H16FNO2/c1-16-12-9(2-3-10(13)11(12)15)8-4-6-14-7-5-8/h2-3,8,14-15H,4-7H2,1H3. The first kappa shape index (κ1) is 11.2. The number of hydrogen-bond donors (Lipinski definition) is 2. The minimum atomic E-state index is -0.630. The van der Waals surface area contributed by atoms with Crippen LogP contribution in [-0.4, -0.2) is 25.3 Å². The fourth-order valence-corrected chi connectivity index (χ4v) is 2.23. The predicted molar refractivity (Wildman–Crippen MR) is 59.5 cm³/mol. The van der Waals surface area contributed by atoms with E-state index in [-0.39, 0.29) is 11.5 Å². The molecular formula is C12H16FNO2. The smallest absolute Gasteiger partial charge is 0.194 e. The van der Waals surface area contributed by atoms with Gasteiger partial charge in [-0.1, -0.05) is 6.07 Å². The van der Waals surface area contributed by atoms with E-state index in [9.17, 15) is 9.50 Å². The molecule has 1 saturated heterocycles. The zero-order valence-corrected chi connectivity index (χ0v) is 9.29. The predicted octanol–water partition coefficient (Wildman–Crippen LogP) is 2.01. The first-order chi connectivity index (χ1) is 7.74. The lowest BCUT2D eigenvalue weighted by molar-refractivity contribution is 0.345. The molecule has 0 unspecified atom stereocenters. The van der Waals surface area contributed by atoms with Crippen molar-refractivity contribution in [3.63, 3.8) is 0 Å². The topological polar surface area (TPSA) is 41.5 Å². The Morgan fingerprint density at radius 3 is 2.69 bits per heavy atom. The highest BCUT2D eigenvalue weighted by molar-refractivity contribution is 5.48. The summed E-state index contributed by atoms with van der Waals surface area (Å²) in [7, 11) is 1.46. The number of aromatic hydroxyl groups is 1. The summed E-state index contributed by atoms with van der Waals surface area (Å²) in [6.07, 6.45) is 1.98. The zero-order chi connectivity index (χ0) is 11.5. The number of phenols is 1. The van der Waals surface area contributed by atoms with Crippen molar-refractivity contribution in [1.82, 2.24) is 5.32 Å². The maximum Gasteiger partial charge on any atom is 0.194 e. The summed E-state index contributed by atoms with van der Waals surface area (Å²) in [4.78, 5) is 0. The summed E-state index contributed by atoms with van der Waals surface area (Å²) in [6, 6.07) is 3.01. The van der Waals surface area contributed by atoms with E-state index in [1.807, 2.05) is 0 Å². The van der Waals surface area contributed by atoms with E-state index in [1.165, 1.54) is 13.2 Å². The Kier molecular flexibility index (Phi) is 3.29. The number of phenolic OH excluding ortho intramolecular Hbond substituents is 1. The maximum absolute atomic E-state index is 13.2. The lowest BCUT2D eigenvalue weighted by Crippen LogP contribution is -2.26. The fourth-order valence-electron chi connectivity index (χ4n) is 2.23. The third-order valence-electron chi connectivity index (χ3n) is 3.10. The molecule has 1 aromatic rings. The molecule has 0 amide bonds. The summed E-state index contributed by atoms with van der Waals surface area (Å²) in [6.45, 7) is 1.90. The van der Waals surface area contributed by atoms with Gasteiger partial charge in [-0.2, -0.15) is 0 Å². The molecule has 0 spiro atoms. The van der Waals surface area contributed by atoms with Gasteiger partial charge < -0.3 is 15.2 Å². The van der Waals surface area contributed by atoms with Crippen LogP contribution in [0.5, 0.6) is 11.5 Å². The molecule has 1 fully saturated rings. The largest absolute Gasteiger partial charge is 0.502 e. The second-order valence-corrected chi connectivity index (χ2v) is 4.04. The second kappa shape index (κ2) is 4.70. The molecule has 16 heavy (non-hydrogen) atoms. The molecule has 3 nitrogen and oxygen atoms in total. The maximum atomic E-state index is 13.2. The number of piperidine rings is 1. The molecular weight excluding hydrogens is 209 g/mol. The number of ether oxygens (including phenoxy) is 1. The van der Waals surface area contributed by atoms with Crippen LogP contribution in [0.4, 0.5) is 4.39 Å². The molecule has 0 bridgehead atoms. The molecule has 0 aromatic heterocycles. The average Bonchev–Trinajstić information content (AvgIpc) is 2.33. The van der Waals surface area contributed by atoms with E-state index in [0.29, 0.717) is 5.92 Å². The molecule has 0 atom stereocenters. The van der Waals surface area contributed by atoms with Crippen molar-refractivity contribution < 1.29 is 14.2 Å². The molecule has 0 radical (unpaired) electrons. The van der Waals surface area contributed by atoms with Gasteiger partial charge >= 0.3 is 0 Å². The van der Waals surface area contributed by atoms with E-state index in [1.54, 1.807) is 6.07 Å². The van der Waals surface area contributed by atoms with Crippen molar-refractivity contribution in [3.05, 3.63) is 23.5 Å². The van der Waals surface area contributed by atoms with Crippen LogP contribution < -0.4 is 10.1 Å². The molecule has 4 heteroatoms. The molecule has 1 aliphatic rings. The van der Waals surface area contributed by atoms with Gasteiger partial charge in [0.2, 0.25) is 0 Å². The highest BCUT2D eigenvalue weighted by Crippen LogP contribution is 2.39. The van der Waals surface area contributed by atoms with E-state index in [4.69, 9.17) is 4.74 Å². The molecule has 88 valence electrons. The molecule has 0 aliphatic carbocycles. The summed E-state index contributed by atoms with van der Waals surface area (Å²) in [5.74, 6) is -0.386. The normalized spacial score (nSPS) is 17.4. The van der Waals surface area contributed by atoms with Gasteiger partial charge in [-0.25, -0.2) is 4.39 Å². The Balaban J connectivity index is 2.35. The van der Waals surface area contributed by atoms with Gasteiger partial charge in [0, 0.05) is 5.56 Å². The lowest BCUT2D eigenvalue weighted by atomic mass is 9.89. The van der Waals surface area contributed by atoms with Gasteiger partial charge in [-0.3, -0.25) is 0 Å². The minimum absolute atomic E-state index is 0.284. The van der Waals surface area contributed by atoms with Gasteiger partial charge in [0.25, 0.3) is 0 Å². The van der Waals surface area contributed by atoms with Gasteiger partial charge in [0.1, 0.15) is 0 Å². The van der Waals surface area contributed by atoms with E-state index < -0.39 is 5.82 Å². The zero-order valence-electron chi connectivity index (χ0n) is 9.29. The van der Waals surface area contributed by atoms with E-state index in [2.05, 4.69) is 5.32 Å². The molecule has 2 rings (SSSR count). The summed E-state index contributed by atoms with van der Waals surface area (Å²) in [5.41, 5.74) is 0.905. The average molecular weight is 225 g/mol. The molecule has 0 saturated carbocycles. The van der Waals surface area contributed by atoms with Gasteiger partial charge in [0.05, 0.1) is 7.11 Å². The van der Waals surface area contributed by atoms with Crippen molar-refractivity contribution in [1.29, 1.82) is 0 Å². The van der Waals surface area contributed by atoms with Crippen LogP contribution in [0.15, 0.2) is 12.1 Å². The minimum Gasteiger partial charge on any atom is -0.502 e. The van der Waals surface area contributed by atoms with Gasteiger partial charge in [0.15, 0.2) is 17.3 Å². The van der Waals surface area contributed by atoms with Crippen LogP contribution in [0.1, 0.15) is 24.3 Å². The number of methoxy groups -OCH3 is 1. The van der Waals surface area contributed by atoms with Crippen LogP contribution in [0.2, 0.25) is 0 Å². The van der Waals surface area contributed by atoms with Crippen LogP contribution >= 0.6 is 0 Å². The molecule has 2 N–H and O–H groups in total. The first-order valence-corrected chi connectivity index (χ1v) is 5.50. The Labute approximate surface area is 94.2 Å². The SMILES string of the molecule is COc1c(C2CCNCC2)ccc(F)c1O. The Morgan fingerprint density at radius 1 is 1.38 bits per heavy atom. The summed E-state index contributed by atoms with van der Waals surface area (Å²) < 4.78 is 18.3. The first-order valence-electron chi connectivity index (χ1n) is 5.50. The Hall–Kier alpha value is -1.29. The Morgan fingerprint density at radius 2 is 2.06 bits per heavy atom.